The molecule has 4 heteroatoms. The minimum Gasteiger partial charge on any atom is -0.340 e. The highest BCUT2D eigenvalue weighted by atomic mass is 79.9. The van der Waals surface area contributed by atoms with Crippen molar-refractivity contribution in [2.45, 2.75) is 32.7 Å². The summed E-state index contributed by atoms with van der Waals surface area (Å²) in [6, 6.07) is 6.40. The Kier molecular flexibility index (Phi) is 5.22. The van der Waals surface area contributed by atoms with E-state index in [-0.39, 0.29) is 5.91 Å². The lowest BCUT2D eigenvalue weighted by Crippen LogP contribution is -2.41. The Balaban J connectivity index is 2.05. The molecule has 1 amide bonds. The van der Waals surface area contributed by atoms with E-state index in [2.05, 4.69) is 27.8 Å². The van der Waals surface area contributed by atoms with E-state index in [1.807, 2.05) is 37.1 Å². The van der Waals surface area contributed by atoms with Gasteiger partial charge in [0, 0.05) is 24.1 Å². The van der Waals surface area contributed by atoms with Gasteiger partial charge in [0.2, 0.25) is 0 Å². The average molecular weight is 339 g/mol. The van der Waals surface area contributed by atoms with Crippen LogP contribution in [0.5, 0.6) is 0 Å². The standard InChI is InChI=1S/C16H23BrN2O/c1-4-19-9-5-6-13(19)11-18(3)16(20)14-8-7-12(2)10-15(14)17/h7-8,10,13H,4-6,9,11H2,1-3H3. The number of carbonyl (C=O) groups excluding carboxylic acids is 1. The van der Waals surface area contributed by atoms with Gasteiger partial charge in [0.1, 0.15) is 0 Å². The summed E-state index contributed by atoms with van der Waals surface area (Å²) < 4.78 is 0.883. The summed E-state index contributed by atoms with van der Waals surface area (Å²) in [6.45, 7) is 7.27. The first-order valence-corrected chi connectivity index (χ1v) is 8.08. The molecule has 1 aliphatic heterocycles. The highest BCUT2D eigenvalue weighted by Gasteiger charge is 2.26. The van der Waals surface area contributed by atoms with Crippen molar-refractivity contribution in [2.24, 2.45) is 0 Å². The van der Waals surface area contributed by atoms with Crippen LogP contribution in [0.25, 0.3) is 0 Å². The van der Waals surface area contributed by atoms with Gasteiger partial charge in [0.05, 0.1) is 5.56 Å². The molecule has 0 spiro atoms. The smallest absolute Gasteiger partial charge is 0.254 e. The van der Waals surface area contributed by atoms with Crippen LogP contribution in [0, 0.1) is 6.92 Å². The molecule has 1 saturated heterocycles. The number of nitrogens with zero attached hydrogens (tertiary/aromatic N) is 2. The molecular weight excluding hydrogens is 316 g/mol. The van der Waals surface area contributed by atoms with E-state index in [1.165, 1.54) is 12.8 Å². The molecular formula is C16H23BrN2O. The van der Waals surface area contributed by atoms with Gasteiger partial charge in [-0.25, -0.2) is 0 Å². The molecule has 0 aliphatic carbocycles. The molecule has 110 valence electrons. The van der Waals surface area contributed by atoms with Crippen LogP contribution in [0.15, 0.2) is 22.7 Å². The van der Waals surface area contributed by atoms with Crippen molar-refractivity contribution >= 4 is 21.8 Å². The molecule has 1 aliphatic rings. The molecule has 1 aromatic carbocycles. The van der Waals surface area contributed by atoms with Crippen LogP contribution < -0.4 is 0 Å². The van der Waals surface area contributed by atoms with Crippen LogP contribution in [-0.2, 0) is 0 Å². The zero-order chi connectivity index (χ0) is 14.7. The molecule has 1 fully saturated rings. The highest BCUT2D eigenvalue weighted by Crippen LogP contribution is 2.22. The normalized spacial score (nSPS) is 19.3. The van der Waals surface area contributed by atoms with Gasteiger partial charge in [0.25, 0.3) is 5.91 Å². The van der Waals surface area contributed by atoms with Crippen LogP contribution in [0.4, 0.5) is 0 Å². The summed E-state index contributed by atoms with van der Waals surface area (Å²) in [5.41, 5.74) is 1.91. The molecule has 2 rings (SSSR count). The Morgan fingerprint density at radius 1 is 1.50 bits per heavy atom. The van der Waals surface area contributed by atoms with E-state index in [0.29, 0.717) is 6.04 Å². The molecule has 3 nitrogen and oxygen atoms in total. The molecule has 1 atom stereocenters. The topological polar surface area (TPSA) is 23.6 Å². The number of amides is 1. The first-order chi connectivity index (χ1) is 9.52. The maximum Gasteiger partial charge on any atom is 0.254 e. The predicted octanol–water partition coefficient (Wildman–Crippen LogP) is 3.31. The highest BCUT2D eigenvalue weighted by molar-refractivity contribution is 9.10. The molecule has 20 heavy (non-hydrogen) atoms. The van der Waals surface area contributed by atoms with Gasteiger partial charge < -0.3 is 4.90 Å². The van der Waals surface area contributed by atoms with Crippen molar-refractivity contribution in [1.29, 1.82) is 0 Å². The molecule has 0 bridgehead atoms. The second-order valence-electron chi connectivity index (χ2n) is 5.59. The zero-order valence-electron chi connectivity index (χ0n) is 12.5. The third-order valence-corrected chi connectivity index (χ3v) is 4.75. The van der Waals surface area contributed by atoms with Gasteiger partial charge in [-0.15, -0.1) is 0 Å². The zero-order valence-corrected chi connectivity index (χ0v) is 14.1. The fourth-order valence-corrected chi connectivity index (χ4v) is 3.58. The summed E-state index contributed by atoms with van der Waals surface area (Å²) in [6.07, 6.45) is 2.44. The van der Waals surface area contributed by atoms with E-state index in [9.17, 15) is 4.79 Å². The van der Waals surface area contributed by atoms with Gasteiger partial charge in [0.15, 0.2) is 0 Å². The van der Waals surface area contributed by atoms with Crippen LogP contribution in [0.1, 0.15) is 35.7 Å². The lowest BCUT2D eigenvalue weighted by molar-refractivity contribution is 0.0754. The molecule has 1 unspecified atom stereocenters. The van der Waals surface area contributed by atoms with Gasteiger partial charge in [-0.1, -0.05) is 13.0 Å². The molecule has 0 radical (unpaired) electrons. The van der Waals surface area contributed by atoms with E-state index >= 15 is 0 Å². The van der Waals surface area contributed by atoms with Crippen molar-refractivity contribution in [2.75, 3.05) is 26.7 Å². The Hall–Kier alpha value is -0.870. The minimum atomic E-state index is 0.0971. The average Bonchev–Trinajstić information content (AvgIpc) is 2.85. The van der Waals surface area contributed by atoms with E-state index in [4.69, 9.17) is 0 Å². The van der Waals surface area contributed by atoms with E-state index in [0.717, 1.165) is 35.2 Å². The first-order valence-electron chi connectivity index (χ1n) is 7.28. The number of hydrogen-bond donors (Lipinski definition) is 0. The van der Waals surface area contributed by atoms with E-state index in [1.54, 1.807) is 0 Å². The van der Waals surface area contributed by atoms with Crippen LogP contribution in [0.3, 0.4) is 0 Å². The molecule has 0 N–H and O–H groups in total. The molecule has 0 aromatic heterocycles. The van der Waals surface area contributed by atoms with Gasteiger partial charge in [-0.05, 0) is 66.5 Å². The van der Waals surface area contributed by atoms with Crippen molar-refractivity contribution in [3.05, 3.63) is 33.8 Å². The van der Waals surface area contributed by atoms with Crippen molar-refractivity contribution < 1.29 is 4.79 Å². The Labute approximate surface area is 130 Å². The summed E-state index contributed by atoms with van der Waals surface area (Å²) in [4.78, 5) is 16.9. The maximum atomic E-state index is 12.5. The van der Waals surface area contributed by atoms with Crippen LogP contribution >= 0.6 is 15.9 Å². The maximum absolute atomic E-state index is 12.5. The first kappa shape index (κ1) is 15.5. The van der Waals surface area contributed by atoms with Gasteiger partial charge >= 0.3 is 0 Å². The fourth-order valence-electron chi connectivity index (χ4n) is 2.92. The monoisotopic (exact) mass is 338 g/mol. The minimum absolute atomic E-state index is 0.0971. The van der Waals surface area contributed by atoms with Crippen LogP contribution in [-0.4, -0.2) is 48.4 Å². The lowest BCUT2D eigenvalue weighted by atomic mass is 10.1. The number of likely N-dealkylation sites (N-methyl/N-ethyl adjacent to an activating group) is 2. The van der Waals surface area contributed by atoms with Gasteiger partial charge in [-0.3, -0.25) is 9.69 Å². The summed E-state index contributed by atoms with van der Waals surface area (Å²) >= 11 is 3.50. The quantitative estimate of drug-likeness (QED) is 0.840. The molecule has 1 aromatic rings. The van der Waals surface area contributed by atoms with Crippen LogP contribution in [0.2, 0.25) is 0 Å². The second-order valence-corrected chi connectivity index (χ2v) is 6.45. The van der Waals surface area contributed by atoms with Crippen molar-refractivity contribution in [1.82, 2.24) is 9.80 Å². The van der Waals surface area contributed by atoms with Gasteiger partial charge in [-0.2, -0.15) is 0 Å². The number of likely N-dealkylation sites (tertiary alicyclic amines) is 1. The van der Waals surface area contributed by atoms with Crippen molar-refractivity contribution in [3.63, 3.8) is 0 Å². The summed E-state index contributed by atoms with van der Waals surface area (Å²) in [5, 5.41) is 0. The number of hydrogen-bond acceptors (Lipinski definition) is 2. The predicted molar refractivity (Wildman–Crippen MR) is 86.1 cm³/mol. The number of benzene rings is 1. The largest absolute Gasteiger partial charge is 0.340 e. The Bertz CT molecular complexity index is 489. The molecule has 0 saturated carbocycles. The Morgan fingerprint density at radius 2 is 2.25 bits per heavy atom. The number of aryl methyl sites for hydroxylation is 1. The summed E-state index contributed by atoms with van der Waals surface area (Å²) in [5.74, 6) is 0.0971. The fraction of sp³-hybridized carbons (Fsp3) is 0.562. The van der Waals surface area contributed by atoms with Crippen molar-refractivity contribution in [3.8, 4) is 0 Å². The lowest BCUT2D eigenvalue weighted by Gasteiger charge is -2.28. The third-order valence-electron chi connectivity index (χ3n) is 4.09. The Morgan fingerprint density at radius 3 is 2.90 bits per heavy atom. The SMILES string of the molecule is CCN1CCCC1CN(C)C(=O)c1ccc(C)cc1Br. The number of carbonyl (C=O) groups is 1. The number of halogens is 1. The number of rotatable bonds is 4. The molecule has 1 heterocycles. The third kappa shape index (κ3) is 3.41. The summed E-state index contributed by atoms with van der Waals surface area (Å²) in [7, 11) is 1.90. The second kappa shape index (κ2) is 6.72. The van der Waals surface area contributed by atoms with E-state index < -0.39 is 0 Å².